The molecule has 0 aromatic rings. The summed E-state index contributed by atoms with van der Waals surface area (Å²) in [6.45, 7) is 4.57. The third-order valence-corrected chi connectivity index (χ3v) is 5.04. The molecule has 0 amide bonds. The SMILES string of the molecule is CCC(CC)C(N)C1(N(C)C)CCCCCC1. The van der Waals surface area contributed by atoms with E-state index in [1.807, 2.05) is 0 Å². The van der Waals surface area contributed by atoms with E-state index in [-0.39, 0.29) is 5.54 Å². The Balaban J connectivity index is 2.88. The van der Waals surface area contributed by atoms with Crippen LogP contribution in [0.3, 0.4) is 0 Å². The summed E-state index contributed by atoms with van der Waals surface area (Å²) in [6.07, 6.45) is 10.5. The molecule has 1 rings (SSSR count). The Morgan fingerprint density at radius 3 is 1.82 bits per heavy atom. The highest BCUT2D eigenvalue weighted by atomic mass is 15.2. The van der Waals surface area contributed by atoms with Crippen LogP contribution in [0.5, 0.6) is 0 Å². The smallest absolute Gasteiger partial charge is 0.0357 e. The van der Waals surface area contributed by atoms with Crippen molar-refractivity contribution in [1.29, 1.82) is 0 Å². The van der Waals surface area contributed by atoms with Gasteiger partial charge in [-0.25, -0.2) is 0 Å². The number of nitrogens with two attached hydrogens (primary N) is 1. The standard InChI is InChI=1S/C15H32N2/c1-5-13(6-2)14(16)15(17(3)4)11-9-7-8-10-12-15/h13-14H,5-12,16H2,1-4H3. The Labute approximate surface area is 108 Å². The number of nitrogens with zero attached hydrogens (tertiary/aromatic N) is 1. The normalized spacial score (nSPS) is 22.8. The lowest BCUT2D eigenvalue weighted by atomic mass is 9.74. The van der Waals surface area contributed by atoms with Crippen LogP contribution in [0.25, 0.3) is 0 Å². The van der Waals surface area contributed by atoms with Crippen LogP contribution in [0.4, 0.5) is 0 Å². The van der Waals surface area contributed by atoms with Crippen molar-refractivity contribution in [2.24, 2.45) is 11.7 Å². The average molecular weight is 240 g/mol. The average Bonchev–Trinajstić information content (AvgIpc) is 2.56. The van der Waals surface area contributed by atoms with Crippen LogP contribution in [0.2, 0.25) is 0 Å². The molecule has 0 radical (unpaired) electrons. The first-order chi connectivity index (χ1) is 8.08. The van der Waals surface area contributed by atoms with E-state index in [9.17, 15) is 0 Å². The summed E-state index contributed by atoms with van der Waals surface area (Å²) in [4.78, 5) is 2.43. The van der Waals surface area contributed by atoms with Gasteiger partial charge in [0.15, 0.2) is 0 Å². The van der Waals surface area contributed by atoms with Crippen molar-refractivity contribution in [2.45, 2.75) is 76.8 Å². The quantitative estimate of drug-likeness (QED) is 0.746. The van der Waals surface area contributed by atoms with Gasteiger partial charge >= 0.3 is 0 Å². The zero-order valence-electron chi connectivity index (χ0n) is 12.3. The first-order valence-electron chi connectivity index (χ1n) is 7.51. The van der Waals surface area contributed by atoms with Gasteiger partial charge in [-0.1, -0.05) is 52.4 Å². The zero-order valence-corrected chi connectivity index (χ0v) is 12.3. The molecule has 0 saturated heterocycles. The van der Waals surface area contributed by atoms with Gasteiger partial charge in [0, 0.05) is 11.6 Å². The number of rotatable bonds is 5. The maximum atomic E-state index is 6.68. The van der Waals surface area contributed by atoms with Crippen LogP contribution < -0.4 is 5.73 Å². The summed E-state index contributed by atoms with van der Waals surface area (Å²) in [6, 6.07) is 0.339. The third-order valence-electron chi connectivity index (χ3n) is 5.04. The molecule has 0 aromatic heterocycles. The molecular weight excluding hydrogens is 208 g/mol. The summed E-state index contributed by atoms with van der Waals surface area (Å²) < 4.78 is 0. The first-order valence-corrected chi connectivity index (χ1v) is 7.51. The van der Waals surface area contributed by atoms with E-state index < -0.39 is 0 Å². The van der Waals surface area contributed by atoms with Crippen LogP contribution in [0.1, 0.15) is 65.2 Å². The van der Waals surface area contributed by atoms with Crippen molar-refractivity contribution in [3.05, 3.63) is 0 Å². The fourth-order valence-corrected chi connectivity index (χ4v) is 3.65. The largest absolute Gasteiger partial charge is 0.326 e. The third kappa shape index (κ3) is 3.23. The minimum absolute atomic E-state index is 0.257. The number of hydrogen-bond acceptors (Lipinski definition) is 2. The van der Waals surface area contributed by atoms with Crippen LogP contribution in [-0.4, -0.2) is 30.6 Å². The molecule has 0 aliphatic heterocycles. The first kappa shape index (κ1) is 15.0. The molecular formula is C15H32N2. The van der Waals surface area contributed by atoms with Gasteiger partial charge in [0.2, 0.25) is 0 Å². The molecule has 1 unspecified atom stereocenters. The fraction of sp³-hybridized carbons (Fsp3) is 1.00. The molecule has 1 atom stereocenters. The Morgan fingerprint density at radius 1 is 1.00 bits per heavy atom. The molecule has 102 valence electrons. The fourth-order valence-electron chi connectivity index (χ4n) is 3.65. The van der Waals surface area contributed by atoms with Crippen LogP contribution >= 0.6 is 0 Å². The maximum absolute atomic E-state index is 6.68. The van der Waals surface area contributed by atoms with Crippen molar-refractivity contribution in [1.82, 2.24) is 4.90 Å². The molecule has 2 heteroatoms. The zero-order chi connectivity index (χ0) is 12.9. The summed E-state index contributed by atoms with van der Waals surface area (Å²) >= 11 is 0. The topological polar surface area (TPSA) is 29.3 Å². The van der Waals surface area contributed by atoms with Crippen LogP contribution in [0, 0.1) is 5.92 Å². The molecule has 1 aliphatic carbocycles. The molecule has 17 heavy (non-hydrogen) atoms. The minimum Gasteiger partial charge on any atom is -0.326 e. The summed E-state index contributed by atoms with van der Waals surface area (Å²) in [5.74, 6) is 0.676. The second-order valence-corrected chi connectivity index (χ2v) is 6.01. The summed E-state index contributed by atoms with van der Waals surface area (Å²) in [5, 5.41) is 0. The van der Waals surface area contributed by atoms with Crippen LogP contribution in [0.15, 0.2) is 0 Å². The molecule has 0 bridgehead atoms. The highest BCUT2D eigenvalue weighted by Crippen LogP contribution is 2.37. The molecule has 2 nitrogen and oxygen atoms in total. The highest BCUT2D eigenvalue weighted by Gasteiger charge is 2.41. The van der Waals surface area contributed by atoms with Crippen molar-refractivity contribution >= 4 is 0 Å². The van der Waals surface area contributed by atoms with E-state index in [1.165, 1.54) is 51.4 Å². The summed E-state index contributed by atoms with van der Waals surface area (Å²) in [7, 11) is 4.46. The second-order valence-electron chi connectivity index (χ2n) is 6.01. The van der Waals surface area contributed by atoms with Gasteiger partial charge in [0.1, 0.15) is 0 Å². The molecule has 1 fully saturated rings. The van der Waals surface area contributed by atoms with Gasteiger partial charge in [-0.3, -0.25) is 0 Å². The van der Waals surface area contributed by atoms with E-state index in [4.69, 9.17) is 5.73 Å². The Hall–Kier alpha value is -0.0800. The minimum atomic E-state index is 0.257. The van der Waals surface area contributed by atoms with Gasteiger partial charge in [0.25, 0.3) is 0 Å². The van der Waals surface area contributed by atoms with Gasteiger partial charge in [0.05, 0.1) is 0 Å². The van der Waals surface area contributed by atoms with E-state index in [2.05, 4.69) is 32.8 Å². The highest BCUT2D eigenvalue weighted by molar-refractivity contribution is 5.00. The summed E-state index contributed by atoms with van der Waals surface area (Å²) in [5.41, 5.74) is 6.93. The molecule has 0 aromatic carbocycles. The van der Waals surface area contributed by atoms with Gasteiger partial charge < -0.3 is 10.6 Å². The Bertz CT molecular complexity index is 201. The van der Waals surface area contributed by atoms with E-state index in [0.717, 1.165) is 0 Å². The second kappa shape index (κ2) is 6.75. The molecule has 1 aliphatic rings. The van der Waals surface area contributed by atoms with E-state index in [0.29, 0.717) is 12.0 Å². The lowest BCUT2D eigenvalue weighted by Gasteiger charge is -2.47. The van der Waals surface area contributed by atoms with Crippen molar-refractivity contribution in [3.63, 3.8) is 0 Å². The Kier molecular flexibility index (Phi) is 5.94. The predicted octanol–water partition coefficient (Wildman–Crippen LogP) is 3.40. The van der Waals surface area contributed by atoms with E-state index >= 15 is 0 Å². The molecule has 0 spiro atoms. The molecule has 2 N–H and O–H groups in total. The lowest BCUT2D eigenvalue weighted by Crippen LogP contribution is -2.60. The van der Waals surface area contributed by atoms with Gasteiger partial charge in [-0.15, -0.1) is 0 Å². The van der Waals surface area contributed by atoms with Crippen LogP contribution in [-0.2, 0) is 0 Å². The lowest BCUT2D eigenvalue weighted by molar-refractivity contribution is 0.0686. The predicted molar refractivity (Wildman–Crippen MR) is 76.2 cm³/mol. The monoisotopic (exact) mass is 240 g/mol. The van der Waals surface area contributed by atoms with Crippen molar-refractivity contribution < 1.29 is 0 Å². The van der Waals surface area contributed by atoms with Crippen molar-refractivity contribution in [3.8, 4) is 0 Å². The van der Waals surface area contributed by atoms with Gasteiger partial charge in [-0.05, 0) is 32.9 Å². The maximum Gasteiger partial charge on any atom is 0.0357 e. The Morgan fingerprint density at radius 2 is 1.47 bits per heavy atom. The number of likely N-dealkylation sites (N-methyl/N-ethyl adjacent to an activating group) is 1. The number of hydrogen-bond donors (Lipinski definition) is 1. The molecule has 0 heterocycles. The van der Waals surface area contributed by atoms with E-state index in [1.54, 1.807) is 0 Å². The van der Waals surface area contributed by atoms with Gasteiger partial charge in [-0.2, -0.15) is 0 Å². The molecule has 1 saturated carbocycles. The van der Waals surface area contributed by atoms with Crippen molar-refractivity contribution in [2.75, 3.05) is 14.1 Å².